The molecular weight excluding hydrogens is 432 g/mol. The molecule has 1 heterocycles. The molecule has 0 N–H and O–H groups in total. The van der Waals surface area contributed by atoms with Crippen LogP contribution in [-0.4, -0.2) is 38.7 Å². The monoisotopic (exact) mass is 464 g/mol. The van der Waals surface area contributed by atoms with Crippen LogP contribution in [0, 0.1) is 11.3 Å². The first kappa shape index (κ1) is 23.8. The van der Waals surface area contributed by atoms with Crippen molar-refractivity contribution in [2.45, 2.75) is 46.1 Å². The Hall–Kier alpha value is -3.35. The topological polar surface area (TPSA) is 77.4 Å². The lowest BCUT2D eigenvalue weighted by Gasteiger charge is -2.41. The molecule has 1 aliphatic carbocycles. The van der Waals surface area contributed by atoms with Gasteiger partial charge in [0.1, 0.15) is 5.78 Å². The van der Waals surface area contributed by atoms with Crippen molar-refractivity contribution in [2.75, 3.05) is 26.2 Å². The van der Waals surface area contributed by atoms with Gasteiger partial charge in [-0.05, 0) is 41.7 Å². The fourth-order valence-electron chi connectivity index (χ4n) is 5.19. The highest BCUT2D eigenvalue weighted by atomic mass is 16.5. The van der Waals surface area contributed by atoms with E-state index in [-0.39, 0.29) is 23.5 Å². The zero-order valence-corrected chi connectivity index (χ0v) is 20.7. The zero-order chi connectivity index (χ0) is 24.6. The lowest BCUT2D eigenvalue weighted by molar-refractivity contribution is -0.125. The fourth-order valence-corrected chi connectivity index (χ4v) is 5.19. The minimum atomic E-state index is -0.591. The number of aliphatic imine (C=N–C) groups is 1. The molecule has 0 bridgehead atoms. The van der Waals surface area contributed by atoms with Crippen molar-refractivity contribution < 1.29 is 23.8 Å². The number of carbonyl (C=O) groups is 2. The quantitative estimate of drug-likeness (QED) is 0.601. The number of methoxy groups -OCH3 is 3. The van der Waals surface area contributed by atoms with E-state index in [0.717, 1.165) is 11.3 Å². The SMILES string of the molecule is CCC(=O)N1c2ccccc2N=C2CC(C)(C)CC(=O)C2C1c1cc(OC)c(OC)c(OC)c1. The van der Waals surface area contributed by atoms with Crippen molar-refractivity contribution in [1.82, 2.24) is 0 Å². The third-order valence-electron chi connectivity index (χ3n) is 6.62. The lowest BCUT2D eigenvalue weighted by atomic mass is 9.68. The van der Waals surface area contributed by atoms with Crippen LogP contribution in [0.4, 0.5) is 11.4 Å². The summed E-state index contributed by atoms with van der Waals surface area (Å²) in [6.07, 6.45) is 1.38. The van der Waals surface area contributed by atoms with E-state index in [2.05, 4.69) is 13.8 Å². The van der Waals surface area contributed by atoms with Gasteiger partial charge in [-0.2, -0.15) is 0 Å². The molecule has 34 heavy (non-hydrogen) atoms. The molecule has 7 nitrogen and oxygen atoms in total. The van der Waals surface area contributed by atoms with Gasteiger partial charge in [-0.25, -0.2) is 0 Å². The number of hydrogen-bond donors (Lipinski definition) is 0. The highest BCUT2D eigenvalue weighted by molar-refractivity contribution is 6.13. The molecule has 1 amide bonds. The summed E-state index contributed by atoms with van der Waals surface area (Å²) in [5, 5.41) is 0. The number of hydrogen-bond acceptors (Lipinski definition) is 6. The Kier molecular flexibility index (Phi) is 6.39. The van der Waals surface area contributed by atoms with Crippen LogP contribution in [0.25, 0.3) is 0 Å². The zero-order valence-electron chi connectivity index (χ0n) is 20.7. The maximum Gasteiger partial charge on any atom is 0.227 e. The largest absolute Gasteiger partial charge is 0.493 e. The van der Waals surface area contributed by atoms with Crippen molar-refractivity contribution in [2.24, 2.45) is 16.3 Å². The third-order valence-corrected chi connectivity index (χ3v) is 6.62. The van der Waals surface area contributed by atoms with Gasteiger partial charge in [0, 0.05) is 18.6 Å². The second kappa shape index (κ2) is 9.12. The van der Waals surface area contributed by atoms with Crippen molar-refractivity contribution in [3.8, 4) is 17.2 Å². The second-order valence-electron chi connectivity index (χ2n) is 9.57. The van der Waals surface area contributed by atoms with E-state index in [4.69, 9.17) is 19.2 Å². The summed E-state index contributed by atoms with van der Waals surface area (Å²) in [5.41, 5.74) is 2.73. The number of ketones is 1. The molecule has 2 aliphatic rings. The maximum atomic E-state index is 13.7. The van der Waals surface area contributed by atoms with Crippen LogP contribution < -0.4 is 19.1 Å². The molecule has 4 rings (SSSR count). The van der Waals surface area contributed by atoms with Crippen LogP contribution in [0.15, 0.2) is 41.4 Å². The molecule has 2 atom stereocenters. The first-order chi connectivity index (χ1) is 16.2. The van der Waals surface area contributed by atoms with Crippen LogP contribution in [0.3, 0.4) is 0 Å². The molecule has 7 heteroatoms. The van der Waals surface area contributed by atoms with E-state index < -0.39 is 12.0 Å². The Morgan fingerprint density at radius 1 is 1.06 bits per heavy atom. The van der Waals surface area contributed by atoms with Crippen LogP contribution in [0.2, 0.25) is 0 Å². The number of fused-ring (bicyclic) bond motifs is 2. The molecule has 0 aromatic heterocycles. The highest BCUT2D eigenvalue weighted by Gasteiger charge is 2.48. The number of benzene rings is 2. The van der Waals surface area contributed by atoms with E-state index in [1.807, 2.05) is 43.3 Å². The number of anilines is 1. The molecule has 1 saturated carbocycles. The molecular formula is C27H32N2O5. The van der Waals surface area contributed by atoms with Crippen molar-refractivity contribution in [3.63, 3.8) is 0 Å². The summed E-state index contributed by atoms with van der Waals surface area (Å²) in [6.45, 7) is 6.00. The molecule has 2 aromatic carbocycles. The first-order valence-corrected chi connectivity index (χ1v) is 11.6. The van der Waals surface area contributed by atoms with Crippen LogP contribution in [0.5, 0.6) is 17.2 Å². The third kappa shape index (κ3) is 4.04. The summed E-state index contributed by atoms with van der Waals surface area (Å²) in [5.74, 6) is 0.830. The summed E-state index contributed by atoms with van der Waals surface area (Å²) in [6, 6.07) is 10.7. The number of para-hydroxylation sites is 2. The highest BCUT2D eigenvalue weighted by Crippen LogP contribution is 2.50. The Labute approximate surface area is 200 Å². The molecule has 0 radical (unpaired) electrons. The maximum absolute atomic E-state index is 13.7. The standard InChI is InChI=1S/C27H32N2O5/c1-7-23(31)29-19-11-9-8-10-17(19)28-18-14-27(2,3)15-20(30)24(18)25(29)16-12-21(32-4)26(34-6)22(13-16)33-5/h8-13,24-25H,7,14-15H2,1-6H3. The summed E-state index contributed by atoms with van der Waals surface area (Å²) in [4.78, 5) is 33.9. The number of nitrogens with zero attached hydrogens (tertiary/aromatic N) is 2. The molecule has 180 valence electrons. The predicted octanol–water partition coefficient (Wildman–Crippen LogP) is 5.29. The Balaban J connectivity index is 2.03. The molecule has 2 aromatic rings. The van der Waals surface area contributed by atoms with Crippen molar-refractivity contribution in [1.29, 1.82) is 0 Å². The van der Waals surface area contributed by atoms with E-state index in [1.165, 1.54) is 0 Å². The van der Waals surface area contributed by atoms with Gasteiger partial charge in [-0.3, -0.25) is 14.6 Å². The van der Waals surface area contributed by atoms with E-state index in [9.17, 15) is 9.59 Å². The summed E-state index contributed by atoms with van der Waals surface area (Å²) < 4.78 is 16.7. The molecule has 0 saturated heterocycles. The minimum Gasteiger partial charge on any atom is -0.493 e. The number of carbonyl (C=O) groups excluding carboxylic acids is 2. The predicted molar refractivity (Wildman–Crippen MR) is 132 cm³/mol. The van der Waals surface area contributed by atoms with Gasteiger partial charge >= 0.3 is 0 Å². The molecule has 1 aliphatic heterocycles. The van der Waals surface area contributed by atoms with Gasteiger partial charge in [0.05, 0.1) is 44.7 Å². The van der Waals surface area contributed by atoms with Gasteiger partial charge in [-0.1, -0.05) is 32.9 Å². The van der Waals surface area contributed by atoms with Gasteiger partial charge in [0.15, 0.2) is 11.5 Å². The molecule has 2 unspecified atom stereocenters. The Morgan fingerprint density at radius 3 is 2.29 bits per heavy atom. The number of rotatable bonds is 5. The van der Waals surface area contributed by atoms with E-state index in [1.54, 1.807) is 26.2 Å². The Morgan fingerprint density at radius 2 is 1.71 bits per heavy atom. The number of amides is 1. The van der Waals surface area contributed by atoms with Crippen LogP contribution in [0.1, 0.15) is 51.6 Å². The van der Waals surface area contributed by atoms with Crippen LogP contribution in [-0.2, 0) is 9.59 Å². The minimum absolute atomic E-state index is 0.0791. The van der Waals surface area contributed by atoms with E-state index in [0.29, 0.717) is 41.5 Å². The smallest absolute Gasteiger partial charge is 0.227 e. The van der Waals surface area contributed by atoms with Crippen molar-refractivity contribution >= 4 is 28.8 Å². The fraction of sp³-hybridized carbons (Fsp3) is 0.444. The molecule has 1 fully saturated rings. The lowest BCUT2D eigenvalue weighted by Crippen LogP contribution is -2.47. The van der Waals surface area contributed by atoms with Gasteiger partial charge in [0.2, 0.25) is 11.7 Å². The first-order valence-electron chi connectivity index (χ1n) is 11.6. The second-order valence-corrected chi connectivity index (χ2v) is 9.57. The van der Waals surface area contributed by atoms with E-state index >= 15 is 0 Å². The van der Waals surface area contributed by atoms with Gasteiger partial charge in [-0.15, -0.1) is 0 Å². The van der Waals surface area contributed by atoms with Gasteiger partial charge < -0.3 is 19.1 Å². The summed E-state index contributed by atoms with van der Waals surface area (Å²) >= 11 is 0. The normalized spacial score (nSPS) is 21.1. The van der Waals surface area contributed by atoms with Crippen LogP contribution >= 0.6 is 0 Å². The average molecular weight is 465 g/mol. The number of Topliss-reactive ketones (excluding diaryl/α,β-unsaturated/α-hetero) is 1. The van der Waals surface area contributed by atoms with Crippen molar-refractivity contribution in [3.05, 3.63) is 42.0 Å². The average Bonchev–Trinajstić information content (AvgIpc) is 2.96. The Bertz CT molecular complexity index is 1130. The van der Waals surface area contributed by atoms with Gasteiger partial charge in [0.25, 0.3) is 0 Å². The number of ether oxygens (including phenoxy) is 3. The summed E-state index contributed by atoms with van der Waals surface area (Å²) in [7, 11) is 4.66. The molecule has 0 spiro atoms.